The number of piperidine rings is 1. The number of likely N-dealkylation sites (tertiary alicyclic amines) is 1. The molecule has 1 aromatic carbocycles. The molecule has 0 aliphatic carbocycles. The molecule has 0 saturated carbocycles. The van der Waals surface area contributed by atoms with E-state index >= 15 is 0 Å². The van der Waals surface area contributed by atoms with Crippen LogP contribution in [-0.4, -0.2) is 51.3 Å². The molecule has 1 saturated heterocycles. The molecule has 2 aliphatic rings. The minimum Gasteiger partial charge on any atom is -0.336 e. The Hall–Kier alpha value is -2.74. The van der Waals surface area contributed by atoms with Gasteiger partial charge in [0.25, 0.3) is 5.91 Å². The van der Waals surface area contributed by atoms with E-state index in [9.17, 15) is 9.59 Å². The van der Waals surface area contributed by atoms with Crippen molar-refractivity contribution >= 4 is 17.5 Å². The summed E-state index contributed by atoms with van der Waals surface area (Å²) in [4.78, 5) is 27.2. The van der Waals surface area contributed by atoms with Crippen LogP contribution >= 0.6 is 0 Å². The van der Waals surface area contributed by atoms with Gasteiger partial charge in [0.05, 0.1) is 18.2 Å². The van der Waals surface area contributed by atoms with E-state index in [1.54, 1.807) is 15.8 Å². The van der Waals surface area contributed by atoms with Gasteiger partial charge in [-0.05, 0) is 24.5 Å². The zero-order chi connectivity index (χ0) is 17.4. The SMILES string of the molecule is NCCn1cc(C(=O)N2CCCC3(C2)C(=O)Nc2ccccc23)nn1. The number of carbonyl (C=O) groups is 2. The second kappa shape index (κ2) is 5.96. The fourth-order valence-corrected chi connectivity index (χ4v) is 3.81. The van der Waals surface area contributed by atoms with E-state index in [1.165, 1.54) is 0 Å². The van der Waals surface area contributed by atoms with Crippen molar-refractivity contribution in [3.05, 3.63) is 41.7 Å². The first-order valence-electron chi connectivity index (χ1n) is 8.44. The highest BCUT2D eigenvalue weighted by Gasteiger charge is 2.50. The van der Waals surface area contributed by atoms with Gasteiger partial charge < -0.3 is 16.0 Å². The Morgan fingerprint density at radius 1 is 1.36 bits per heavy atom. The van der Waals surface area contributed by atoms with Gasteiger partial charge in [0, 0.05) is 25.3 Å². The molecule has 8 heteroatoms. The molecule has 1 fully saturated rings. The Morgan fingerprint density at radius 2 is 2.20 bits per heavy atom. The third kappa shape index (κ3) is 2.49. The van der Waals surface area contributed by atoms with Crippen LogP contribution in [-0.2, 0) is 16.8 Å². The molecular weight excluding hydrogens is 320 g/mol. The molecule has 0 radical (unpaired) electrons. The molecule has 2 aliphatic heterocycles. The number of para-hydroxylation sites is 1. The Balaban J connectivity index is 1.61. The molecule has 2 amide bonds. The number of nitrogens with one attached hydrogen (secondary N) is 1. The lowest BCUT2D eigenvalue weighted by molar-refractivity contribution is -0.122. The number of nitrogens with two attached hydrogens (primary N) is 1. The van der Waals surface area contributed by atoms with Crippen LogP contribution in [0, 0.1) is 0 Å². The molecule has 3 N–H and O–H groups in total. The zero-order valence-electron chi connectivity index (χ0n) is 13.8. The van der Waals surface area contributed by atoms with E-state index in [2.05, 4.69) is 15.6 Å². The summed E-state index contributed by atoms with van der Waals surface area (Å²) < 4.78 is 1.56. The number of hydrogen-bond donors (Lipinski definition) is 2. The molecule has 3 heterocycles. The van der Waals surface area contributed by atoms with Crippen LogP contribution in [0.1, 0.15) is 28.9 Å². The van der Waals surface area contributed by atoms with E-state index in [1.807, 2.05) is 24.3 Å². The molecule has 1 aromatic heterocycles. The molecule has 1 atom stereocenters. The van der Waals surface area contributed by atoms with Crippen molar-refractivity contribution in [2.24, 2.45) is 5.73 Å². The first-order valence-corrected chi connectivity index (χ1v) is 8.44. The fourth-order valence-electron chi connectivity index (χ4n) is 3.81. The lowest BCUT2D eigenvalue weighted by Crippen LogP contribution is -2.52. The average molecular weight is 340 g/mol. The van der Waals surface area contributed by atoms with Crippen LogP contribution in [0.25, 0.3) is 0 Å². The van der Waals surface area contributed by atoms with E-state index in [0.29, 0.717) is 26.2 Å². The van der Waals surface area contributed by atoms with Crippen molar-refractivity contribution in [3.63, 3.8) is 0 Å². The summed E-state index contributed by atoms with van der Waals surface area (Å²) >= 11 is 0. The van der Waals surface area contributed by atoms with Crippen LogP contribution in [0.2, 0.25) is 0 Å². The van der Waals surface area contributed by atoms with Crippen molar-refractivity contribution in [1.29, 1.82) is 0 Å². The molecule has 25 heavy (non-hydrogen) atoms. The third-order valence-corrected chi connectivity index (χ3v) is 5.02. The fraction of sp³-hybridized carbons (Fsp3) is 0.412. The van der Waals surface area contributed by atoms with Crippen LogP contribution in [0.3, 0.4) is 0 Å². The van der Waals surface area contributed by atoms with Crippen molar-refractivity contribution in [2.75, 3.05) is 25.0 Å². The molecule has 8 nitrogen and oxygen atoms in total. The first kappa shape index (κ1) is 15.8. The van der Waals surface area contributed by atoms with Crippen molar-refractivity contribution in [2.45, 2.75) is 24.8 Å². The van der Waals surface area contributed by atoms with Gasteiger partial charge in [0.2, 0.25) is 5.91 Å². The Morgan fingerprint density at radius 3 is 3.04 bits per heavy atom. The van der Waals surface area contributed by atoms with Crippen molar-refractivity contribution < 1.29 is 9.59 Å². The lowest BCUT2D eigenvalue weighted by atomic mass is 9.75. The number of fused-ring (bicyclic) bond motifs is 2. The van der Waals surface area contributed by atoms with Gasteiger partial charge in [-0.2, -0.15) is 0 Å². The molecule has 130 valence electrons. The highest BCUT2D eigenvalue weighted by Crippen LogP contribution is 2.43. The number of rotatable bonds is 3. The van der Waals surface area contributed by atoms with Crippen LogP contribution in [0.5, 0.6) is 0 Å². The third-order valence-electron chi connectivity index (χ3n) is 5.02. The van der Waals surface area contributed by atoms with Crippen LogP contribution < -0.4 is 11.1 Å². The Labute approximate surface area is 145 Å². The van der Waals surface area contributed by atoms with Crippen LogP contribution in [0.15, 0.2) is 30.5 Å². The molecule has 4 rings (SSSR count). The van der Waals surface area contributed by atoms with E-state index in [-0.39, 0.29) is 17.5 Å². The summed E-state index contributed by atoms with van der Waals surface area (Å²) in [6, 6.07) is 7.71. The number of carbonyl (C=O) groups excluding carboxylic acids is 2. The number of anilines is 1. The standard InChI is InChI=1S/C17H20N6O2/c18-7-9-23-10-14(20-21-23)15(24)22-8-3-6-17(11-22)12-4-1-2-5-13(12)19-16(17)25/h1-2,4-5,10H,3,6-9,11,18H2,(H,19,25). The maximum atomic E-state index is 12.8. The van der Waals surface area contributed by atoms with Gasteiger partial charge in [0.1, 0.15) is 0 Å². The van der Waals surface area contributed by atoms with Crippen molar-refractivity contribution in [1.82, 2.24) is 19.9 Å². The number of amides is 2. The van der Waals surface area contributed by atoms with Gasteiger partial charge >= 0.3 is 0 Å². The summed E-state index contributed by atoms with van der Waals surface area (Å²) in [6.07, 6.45) is 3.11. The summed E-state index contributed by atoms with van der Waals surface area (Å²) in [5.74, 6) is -0.225. The van der Waals surface area contributed by atoms with E-state index in [4.69, 9.17) is 5.73 Å². The van der Waals surface area contributed by atoms with E-state index < -0.39 is 5.41 Å². The average Bonchev–Trinajstić information content (AvgIpc) is 3.19. The van der Waals surface area contributed by atoms with Gasteiger partial charge in [-0.1, -0.05) is 23.4 Å². The summed E-state index contributed by atoms with van der Waals surface area (Å²) in [5.41, 5.74) is 6.94. The first-order chi connectivity index (χ1) is 12.1. The summed E-state index contributed by atoms with van der Waals surface area (Å²) in [6.45, 7) is 1.92. The van der Waals surface area contributed by atoms with Gasteiger partial charge in [0.15, 0.2) is 5.69 Å². The molecular formula is C17H20N6O2. The Kier molecular flexibility index (Phi) is 3.76. The van der Waals surface area contributed by atoms with Crippen LogP contribution in [0.4, 0.5) is 5.69 Å². The molecule has 0 bridgehead atoms. The second-order valence-corrected chi connectivity index (χ2v) is 6.57. The van der Waals surface area contributed by atoms with Crippen molar-refractivity contribution in [3.8, 4) is 0 Å². The monoisotopic (exact) mass is 340 g/mol. The van der Waals surface area contributed by atoms with Gasteiger partial charge in [-0.25, -0.2) is 0 Å². The Bertz CT molecular complexity index is 832. The number of benzene rings is 1. The second-order valence-electron chi connectivity index (χ2n) is 6.57. The topological polar surface area (TPSA) is 106 Å². The predicted molar refractivity (Wildman–Crippen MR) is 91.0 cm³/mol. The molecule has 2 aromatic rings. The normalized spacial score (nSPS) is 22.1. The highest BCUT2D eigenvalue weighted by atomic mass is 16.2. The molecule has 1 spiro atoms. The van der Waals surface area contributed by atoms with E-state index in [0.717, 1.165) is 24.1 Å². The number of hydrogen-bond acceptors (Lipinski definition) is 5. The molecule has 1 unspecified atom stereocenters. The minimum atomic E-state index is -0.669. The highest BCUT2D eigenvalue weighted by molar-refractivity contribution is 6.07. The maximum absolute atomic E-state index is 12.8. The largest absolute Gasteiger partial charge is 0.336 e. The van der Waals surface area contributed by atoms with Gasteiger partial charge in [-0.3, -0.25) is 14.3 Å². The quantitative estimate of drug-likeness (QED) is 0.839. The number of nitrogens with zero attached hydrogens (tertiary/aromatic N) is 4. The van der Waals surface area contributed by atoms with Gasteiger partial charge in [-0.15, -0.1) is 5.10 Å². The number of aromatic nitrogens is 3. The lowest BCUT2D eigenvalue weighted by Gasteiger charge is -2.38. The zero-order valence-corrected chi connectivity index (χ0v) is 13.8. The summed E-state index contributed by atoms with van der Waals surface area (Å²) in [7, 11) is 0. The maximum Gasteiger partial charge on any atom is 0.276 e. The summed E-state index contributed by atoms with van der Waals surface area (Å²) in [5, 5.41) is 10.8. The smallest absolute Gasteiger partial charge is 0.276 e. The predicted octanol–water partition coefficient (Wildman–Crippen LogP) is 0.363. The minimum absolute atomic E-state index is 0.0296.